The summed E-state index contributed by atoms with van der Waals surface area (Å²) >= 11 is 0. The Kier molecular flexibility index (Phi) is 4.84. The molecular formula is C18H25N. The lowest BCUT2D eigenvalue weighted by Gasteiger charge is -2.12. The van der Waals surface area contributed by atoms with E-state index in [0.29, 0.717) is 0 Å². The average molecular weight is 255 g/mol. The highest BCUT2D eigenvalue weighted by molar-refractivity contribution is 5.64. The van der Waals surface area contributed by atoms with Crippen LogP contribution in [-0.4, -0.2) is 4.57 Å². The number of rotatable bonds is 8. The summed E-state index contributed by atoms with van der Waals surface area (Å²) in [5.41, 5.74) is 5.84. The second kappa shape index (κ2) is 6.60. The lowest BCUT2D eigenvalue weighted by molar-refractivity contribution is 0.576. The average Bonchev–Trinajstić information content (AvgIpc) is 2.90. The van der Waals surface area contributed by atoms with E-state index in [0.717, 1.165) is 25.8 Å². The molecule has 1 heterocycles. The van der Waals surface area contributed by atoms with Crippen molar-refractivity contribution in [1.82, 2.24) is 4.57 Å². The Labute approximate surface area is 117 Å². The molecule has 0 aliphatic heterocycles. The third-order valence-corrected chi connectivity index (χ3v) is 3.83. The first-order valence-electron chi connectivity index (χ1n) is 7.42. The Morgan fingerprint density at radius 2 is 2.00 bits per heavy atom. The van der Waals surface area contributed by atoms with Gasteiger partial charge in [-0.25, -0.2) is 0 Å². The van der Waals surface area contributed by atoms with E-state index < -0.39 is 0 Å². The van der Waals surface area contributed by atoms with Crippen LogP contribution in [0.5, 0.6) is 0 Å². The monoisotopic (exact) mass is 255 g/mol. The van der Waals surface area contributed by atoms with Crippen LogP contribution in [0.25, 0.3) is 6.08 Å². The van der Waals surface area contributed by atoms with Gasteiger partial charge in [-0.3, -0.25) is 0 Å². The minimum absolute atomic E-state index is 0.976. The molecule has 1 nitrogen and oxygen atoms in total. The molecular weight excluding hydrogens is 230 g/mol. The van der Waals surface area contributed by atoms with Crippen molar-refractivity contribution in [3.63, 3.8) is 0 Å². The Balaban J connectivity index is 2.19. The number of hydrogen-bond acceptors (Lipinski definition) is 0. The standard InChI is InChI=1S/C18H25N/c1-4-7-8-11-19-17(10-6-3)14-16-12-15(9-5-2)13-18(16)19/h5-6,12,14H,2-4,7-11,13H2,1H3. The van der Waals surface area contributed by atoms with Gasteiger partial charge >= 0.3 is 0 Å². The third kappa shape index (κ3) is 3.09. The first kappa shape index (κ1) is 13.9. The van der Waals surface area contributed by atoms with Crippen molar-refractivity contribution in [1.29, 1.82) is 0 Å². The van der Waals surface area contributed by atoms with E-state index >= 15 is 0 Å². The molecule has 0 saturated heterocycles. The predicted molar refractivity (Wildman–Crippen MR) is 84.4 cm³/mol. The summed E-state index contributed by atoms with van der Waals surface area (Å²) in [7, 11) is 0. The van der Waals surface area contributed by atoms with Gasteiger partial charge in [0.05, 0.1) is 0 Å². The van der Waals surface area contributed by atoms with Gasteiger partial charge in [0.2, 0.25) is 0 Å². The molecule has 0 N–H and O–H groups in total. The molecule has 0 aromatic carbocycles. The summed E-state index contributed by atoms with van der Waals surface area (Å²) in [6, 6.07) is 2.35. The van der Waals surface area contributed by atoms with Crippen molar-refractivity contribution < 1.29 is 0 Å². The van der Waals surface area contributed by atoms with Crippen LogP contribution in [0.3, 0.4) is 0 Å². The summed E-state index contributed by atoms with van der Waals surface area (Å²) in [5, 5.41) is 0. The molecule has 1 aliphatic carbocycles. The quantitative estimate of drug-likeness (QED) is 0.459. The topological polar surface area (TPSA) is 4.93 Å². The number of fused-ring (bicyclic) bond motifs is 1. The van der Waals surface area contributed by atoms with Crippen LogP contribution in [0, 0.1) is 0 Å². The van der Waals surface area contributed by atoms with Crippen molar-refractivity contribution in [2.45, 2.75) is 52.0 Å². The molecule has 1 aromatic rings. The minimum atomic E-state index is 0.976. The number of allylic oxidation sites excluding steroid dienone is 3. The van der Waals surface area contributed by atoms with Gasteiger partial charge in [0, 0.05) is 30.8 Å². The molecule has 2 rings (SSSR count). The van der Waals surface area contributed by atoms with Crippen LogP contribution in [-0.2, 0) is 19.4 Å². The predicted octanol–water partition coefficient (Wildman–Crippen LogP) is 4.92. The lowest BCUT2D eigenvalue weighted by atomic mass is 10.1. The molecule has 19 heavy (non-hydrogen) atoms. The van der Waals surface area contributed by atoms with Crippen molar-refractivity contribution >= 4 is 6.08 Å². The van der Waals surface area contributed by atoms with E-state index in [1.165, 1.54) is 41.8 Å². The van der Waals surface area contributed by atoms with Crippen LogP contribution in [0.15, 0.2) is 36.9 Å². The molecule has 0 radical (unpaired) electrons. The molecule has 102 valence electrons. The molecule has 1 aliphatic rings. The number of nitrogens with zero attached hydrogens (tertiary/aromatic N) is 1. The van der Waals surface area contributed by atoms with Crippen LogP contribution in [0.4, 0.5) is 0 Å². The van der Waals surface area contributed by atoms with Gasteiger partial charge in [-0.05, 0) is 24.5 Å². The Bertz CT molecular complexity index is 488. The first-order chi connectivity index (χ1) is 9.30. The molecule has 0 saturated carbocycles. The normalized spacial score (nSPS) is 13.2. The SMILES string of the molecule is C=CCC1=Cc2cc(CC=C)n(CCCCC)c2C1. The maximum atomic E-state index is 3.88. The number of unbranched alkanes of at least 4 members (excludes halogenated alkanes) is 2. The zero-order valence-electron chi connectivity index (χ0n) is 12.1. The van der Waals surface area contributed by atoms with Crippen molar-refractivity contribution in [2.75, 3.05) is 0 Å². The zero-order valence-corrected chi connectivity index (χ0v) is 12.1. The molecule has 0 spiro atoms. The number of aromatic nitrogens is 1. The van der Waals surface area contributed by atoms with E-state index in [-0.39, 0.29) is 0 Å². The van der Waals surface area contributed by atoms with E-state index in [9.17, 15) is 0 Å². The Morgan fingerprint density at radius 1 is 1.21 bits per heavy atom. The van der Waals surface area contributed by atoms with Crippen LogP contribution in [0.2, 0.25) is 0 Å². The molecule has 0 bridgehead atoms. The lowest BCUT2D eigenvalue weighted by Crippen LogP contribution is -2.07. The first-order valence-corrected chi connectivity index (χ1v) is 7.42. The van der Waals surface area contributed by atoms with E-state index in [1.807, 2.05) is 12.2 Å². The molecule has 0 unspecified atom stereocenters. The molecule has 1 aromatic heterocycles. The van der Waals surface area contributed by atoms with E-state index in [4.69, 9.17) is 0 Å². The molecule has 0 fully saturated rings. The second-order valence-electron chi connectivity index (χ2n) is 5.36. The van der Waals surface area contributed by atoms with Gasteiger partial charge in [-0.15, -0.1) is 13.2 Å². The minimum Gasteiger partial charge on any atom is -0.347 e. The van der Waals surface area contributed by atoms with Gasteiger partial charge in [-0.2, -0.15) is 0 Å². The van der Waals surface area contributed by atoms with Crippen molar-refractivity contribution in [3.05, 3.63) is 53.9 Å². The fraction of sp³-hybridized carbons (Fsp3) is 0.444. The van der Waals surface area contributed by atoms with Gasteiger partial charge in [0.1, 0.15) is 0 Å². The summed E-state index contributed by atoms with van der Waals surface area (Å²) in [6.07, 6.45) is 13.3. The van der Waals surface area contributed by atoms with E-state index in [1.54, 1.807) is 0 Å². The van der Waals surface area contributed by atoms with Gasteiger partial charge in [0.25, 0.3) is 0 Å². The fourth-order valence-electron chi connectivity index (χ4n) is 2.91. The smallest absolute Gasteiger partial charge is 0.0291 e. The highest BCUT2D eigenvalue weighted by Crippen LogP contribution is 2.31. The molecule has 0 amide bonds. The molecule has 1 heteroatoms. The van der Waals surface area contributed by atoms with Crippen molar-refractivity contribution in [2.24, 2.45) is 0 Å². The molecule has 0 atom stereocenters. The maximum Gasteiger partial charge on any atom is 0.0291 e. The number of hydrogen-bond donors (Lipinski definition) is 0. The van der Waals surface area contributed by atoms with Gasteiger partial charge in [0.15, 0.2) is 0 Å². The largest absolute Gasteiger partial charge is 0.347 e. The van der Waals surface area contributed by atoms with Crippen LogP contribution >= 0.6 is 0 Å². The Morgan fingerprint density at radius 3 is 2.68 bits per heavy atom. The van der Waals surface area contributed by atoms with Crippen LogP contribution < -0.4 is 0 Å². The van der Waals surface area contributed by atoms with Crippen LogP contribution in [0.1, 0.15) is 49.6 Å². The van der Waals surface area contributed by atoms with Crippen molar-refractivity contribution in [3.8, 4) is 0 Å². The maximum absolute atomic E-state index is 3.88. The Hall–Kier alpha value is -1.50. The second-order valence-corrected chi connectivity index (χ2v) is 5.36. The summed E-state index contributed by atoms with van der Waals surface area (Å²) in [6.45, 7) is 11.1. The van der Waals surface area contributed by atoms with E-state index in [2.05, 4.69) is 36.8 Å². The highest BCUT2D eigenvalue weighted by atomic mass is 15.0. The highest BCUT2D eigenvalue weighted by Gasteiger charge is 2.19. The summed E-state index contributed by atoms with van der Waals surface area (Å²) < 4.78 is 2.53. The summed E-state index contributed by atoms with van der Waals surface area (Å²) in [4.78, 5) is 0. The third-order valence-electron chi connectivity index (χ3n) is 3.83. The zero-order chi connectivity index (χ0) is 13.7. The summed E-state index contributed by atoms with van der Waals surface area (Å²) in [5.74, 6) is 0. The van der Waals surface area contributed by atoms with Gasteiger partial charge in [-0.1, -0.05) is 43.6 Å². The van der Waals surface area contributed by atoms with Gasteiger partial charge < -0.3 is 4.57 Å². The fourth-order valence-corrected chi connectivity index (χ4v) is 2.91.